The van der Waals surface area contributed by atoms with E-state index in [-0.39, 0.29) is 11.5 Å². The normalized spacial score (nSPS) is 17.4. The fraction of sp³-hybridized carbons (Fsp3) is 0.450. The van der Waals surface area contributed by atoms with Gasteiger partial charge in [0.05, 0.1) is 16.8 Å². The van der Waals surface area contributed by atoms with E-state index < -0.39 is 0 Å². The standard InChI is InChI=1S/C20H25N5O/c1-12(2)16-17(21)15-11-22-20(23-13-7-4-3-5-8-13)24-18(15)25(19(16)26)14-9-6-10-14/h6,9-13H,3-5,7-8,21H2,1-2H3,(H,22,23,24). The fourth-order valence-electron chi connectivity index (χ4n) is 3.84. The minimum absolute atomic E-state index is 0.0304. The van der Waals surface area contributed by atoms with Gasteiger partial charge in [-0.3, -0.25) is 9.36 Å². The van der Waals surface area contributed by atoms with Crippen molar-refractivity contribution < 1.29 is 0 Å². The van der Waals surface area contributed by atoms with Crippen molar-refractivity contribution >= 4 is 28.4 Å². The van der Waals surface area contributed by atoms with Gasteiger partial charge in [0.25, 0.3) is 5.56 Å². The molecule has 0 spiro atoms. The third-order valence-electron chi connectivity index (χ3n) is 5.30. The SMILES string of the molecule is CC(C)c1c(N)c2cnc(NC3CCCCC3)nc2n(C2=CC=C2)c1=O. The van der Waals surface area contributed by atoms with Crippen LogP contribution in [0.25, 0.3) is 16.7 Å². The molecule has 0 amide bonds. The Morgan fingerprint density at radius 1 is 1.27 bits per heavy atom. The summed E-state index contributed by atoms with van der Waals surface area (Å²) >= 11 is 0. The van der Waals surface area contributed by atoms with Gasteiger partial charge in [0.15, 0.2) is 5.65 Å². The minimum atomic E-state index is -0.0945. The van der Waals surface area contributed by atoms with Crippen LogP contribution in [0.1, 0.15) is 57.4 Å². The van der Waals surface area contributed by atoms with Crippen molar-refractivity contribution in [3.63, 3.8) is 0 Å². The maximum atomic E-state index is 13.1. The Morgan fingerprint density at radius 2 is 2.00 bits per heavy atom. The zero-order valence-corrected chi connectivity index (χ0v) is 15.3. The summed E-state index contributed by atoms with van der Waals surface area (Å²) in [5, 5.41) is 4.16. The number of nitrogen functional groups attached to an aromatic ring is 1. The van der Waals surface area contributed by atoms with Gasteiger partial charge in [-0.15, -0.1) is 0 Å². The number of pyridine rings is 1. The van der Waals surface area contributed by atoms with E-state index >= 15 is 0 Å². The first-order valence-electron chi connectivity index (χ1n) is 9.42. The van der Waals surface area contributed by atoms with E-state index in [1.807, 2.05) is 32.1 Å². The number of rotatable bonds is 4. The molecule has 0 aromatic carbocycles. The molecule has 0 aliphatic heterocycles. The molecule has 2 aliphatic rings. The zero-order valence-electron chi connectivity index (χ0n) is 15.3. The number of aromatic nitrogens is 3. The third-order valence-corrected chi connectivity index (χ3v) is 5.30. The number of nitrogens with zero attached hydrogens (tertiary/aromatic N) is 3. The van der Waals surface area contributed by atoms with Crippen molar-refractivity contribution in [1.82, 2.24) is 14.5 Å². The monoisotopic (exact) mass is 351 g/mol. The molecule has 2 aliphatic carbocycles. The van der Waals surface area contributed by atoms with E-state index in [4.69, 9.17) is 5.73 Å². The Kier molecular flexibility index (Phi) is 4.26. The first-order valence-corrected chi connectivity index (χ1v) is 9.42. The smallest absolute Gasteiger partial charge is 0.262 e. The number of nitrogens with two attached hydrogens (primary N) is 1. The minimum Gasteiger partial charge on any atom is -0.398 e. The first kappa shape index (κ1) is 16.8. The highest BCUT2D eigenvalue weighted by molar-refractivity contribution is 5.92. The highest BCUT2D eigenvalue weighted by Crippen LogP contribution is 2.29. The number of allylic oxidation sites excluding steroid dienone is 4. The van der Waals surface area contributed by atoms with Crippen LogP contribution in [-0.4, -0.2) is 20.6 Å². The summed E-state index contributed by atoms with van der Waals surface area (Å²) in [6.07, 6.45) is 13.5. The van der Waals surface area contributed by atoms with Crippen LogP contribution >= 0.6 is 0 Å². The lowest BCUT2D eigenvalue weighted by molar-refractivity contribution is 0.461. The zero-order chi connectivity index (χ0) is 18.3. The summed E-state index contributed by atoms with van der Waals surface area (Å²) in [5.41, 5.74) is 8.76. The molecule has 2 heterocycles. The van der Waals surface area contributed by atoms with Gasteiger partial charge in [-0.1, -0.05) is 39.2 Å². The molecular formula is C20H25N5O. The molecule has 0 saturated heterocycles. The Bertz CT molecular complexity index is 964. The molecule has 2 aromatic rings. The van der Waals surface area contributed by atoms with E-state index in [9.17, 15) is 4.79 Å². The molecule has 1 fully saturated rings. The third kappa shape index (κ3) is 2.79. The summed E-state index contributed by atoms with van der Waals surface area (Å²) in [4.78, 5) is 22.3. The Morgan fingerprint density at radius 3 is 2.62 bits per heavy atom. The molecule has 6 heteroatoms. The maximum absolute atomic E-state index is 13.1. The van der Waals surface area contributed by atoms with Gasteiger partial charge in [0.1, 0.15) is 0 Å². The predicted molar refractivity (Wildman–Crippen MR) is 106 cm³/mol. The molecule has 2 aromatic heterocycles. The predicted octanol–water partition coefficient (Wildman–Crippen LogP) is 3.65. The lowest BCUT2D eigenvalue weighted by Crippen LogP contribution is -2.28. The highest BCUT2D eigenvalue weighted by Gasteiger charge is 2.22. The van der Waals surface area contributed by atoms with Crippen molar-refractivity contribution in [2.24, 2.45) is 0 Å². The van der Waals surface area contributed by atoms with Crippen LogP contribution in [0.15, 0.2) is 29.2 Å². The molecule has 1 saturated carbocycles. The van der Waals surface area contributed by atoms with Gasteiger partial charge in [-0.25, -0.2) is 4.98 Å². The average molecular weight is 351 g/mol. The molecule has 136 valence electrons. The van der Waals surface area contributed by atoms with Gasteiger partial charge in [0.2, 0.25) is 5.95 Å². The van der Waals surface area contributed by atoms with Gasteiger partial charge >= 0.3 is 0 Å². The van der Waals surface area contributed by atoms with E-state index in [0.717, 1.165) is 23.9 Å². The second kappa shape index (κ2) is 6.59. The van der Waals surface area contributed by atoms with Crippen LogP contribution in [0.5, 0.6) is 0 Å². The largest absolute Gasteiger partial charge is 0.398 e. The lowest BCUT2D eigenvalue weighted by Gasteiger charge is -2.23. The van der Waals surface area contributed by atoms with Crippen molar-refractivity contribution in [2.45, 2.75) is 57.9 Å². The molecule has 0 unspecified atom stereocenters. The van der Waals surface area contributed by atoms with Crippen LogP contribution in [0.3, 0.4) is 0 Å². The molecule has 6 nitrogen and oxygen atoms in total. The van der Waals surface area contributed by atoms with Crippen molar-refractivity contribution in [2.75, 3.05) is 11.1 Å². The van der Waals surface area contributed by atoms with Crippen LogP contribution in [0.4, 0.5) is 11.6 Å². The second-order valence-corrected chi connectivity index (χ2v) is 7.48. The number of fused-ring (bicyclic) bond motifs is 1. The fourth-order valence-corrected chi connectivity index (χ4v) is 3.84. The molecule has 0 radical (unpaired) electrons. The van der Waals surface area contributed by atoms with E-state index in [0.29, 0.717) is 28.9 Å². The summed E-state index contributed by atoms with van der Waals surface area (Å²) in [7, 11) is 0. The Hall–Kier alpha value is -2.63. The topological polar surface area (TPSA) is 85.8 Å². The van der Waals surface area contributed by atoms with Gasteiger partial charge in [0, 0.05) is 17.8 Å². The van der Waals surface area contributed by atoms with Crippen molar-refractivity contribution in [3.8, 4) is 0 Å². The van der Waals surface area contributed by atoms with Crippen molar-refractivity contribution in [1.29, 1.82) is 0 Å². The summed E-state index contributed by atoms with van der Waals surface area (Å²) in [5.74, 6) is 0.598. The molecular weight excluding hydrogens is 326 g/mol. The summed E-state index contributed by atoms with van der Waals surface area (Å²) < 4.78 is 1.66. The number of nitrogens with one attached hydrogen (secondary N) is 1. The summed E-state index contributed by atoms with van der Waals surface area (Å²) in [6, 6.07) is 0.400. The lowest BCUT2D eigenvalue weighted by atomic mass is 9.96. The number of hydrogen-bond acceptors (Lipinski definition) is 5. The average Bonchev–Trinajstić information content (AvgIpc) is 2.57. The van der Waals surface area contributed by atoms with Crippen LogP contribution in [0, 0.1) is 0 Å². The molecule has 0 bridgehead atoms. The van der Waals surface area contributed by atoms with Gasteiger partial charge in [-0.05, 0) is 30.9 Å². The van der Waals surface area contributed by atoms with Gasteiger partial charge < -0.3 is 11.1 Å². The van der Waals surface area contributed by atoms with Crippen LogP contribution < -0.4 is 16.6 Å². The highest BCUT2D eigenvalue weighted by atomic mass is 16.1. The second-order valence-electron chi connectivity index (χ2n) is 7.48. The van der Waals surface area contributed by atoms with Crippen LogP contribution in [0.2, 0.25) is 0 Å². The van der Waals surface area contributed by atoms with E-state index in [1.165, 1.54) is 19.3 Å². The maximum Gasteiger partial charge on any atom is 0.262 e. The Labute approximate surface area is 152 Å². The van der Waals surface area contributed by atoms with Gasteiger partial charge in [-0.2, -0.15) is 4.98 Å². The molecule has 3 N–H and O–H groups in total. The van der Waals surface area contributed by atoms with E-state index in [2.05, 4.69) is 15.3 Å². The van der Waals surface area contributed by atoms with Crippen molar-refractivity contribution in [3.05, 3.63) is 40.3 Å². The van der Waals surface area contributed by atoms with E-state index in [1.54, 1.807) is 10.8 Å². The number of anilines is 2. The molecule has 4 rings (SSSR count). The Balaban J connectivity index is 1.85. The quantitative estimate of drug-likeness (QED) is 0.878. The molecule has 26 heavy (non-hydrogen) atoms. The molecule has 0 atom stereocenters. The summed E-state index contributed by atoms with van der Waals surface area (Å²) in [6.45, 7) is 3.96. The van der Waals surface area contributed by atoms with Crippen LogP contribution in [-0.2, 0) is 0 Å². The number of hydrogen-bond donors (Lipinski definition) is 2. The first-order chi connectivity index (χ1) is 12.6.